The van der Waals surface area contributed by atoms with Gasteiger partial charge >= 0.3 is 0 Å². The van der Waals surface area contributed by atoms with Crippen LogP contribution in [-0.2, 0) is 11.3 Å². The van der Waals surface area contributed by atoms with E-state index in [9.17, 15) is 4.39 Å². The maximum Gasteiger partial charge on any atom is 0.191 e. The summed E-state index contributed by atoms with van der Waals surface area (Å²) in [7, 11) is 1.69. The van der Waals surface area contributed by atoms with E-state index in [4.69, 9.17) is 4.74 Å². The first kappa shape index (κ1) is 15.9. The minimum Gasteiger partial charge on any atom is -0.380 e. The van der Waals surface area contributed by atoms with Crippen LogP contribution in [0.5, 0.6) is 0 Å². The lowest BCUT2D eigenvalue weighted by Crippen LogP contribution is -2.38. The lowest BCUT2D eigenvalue weighted by Gasteiger charge is -2.12. The number of hydrogen-bond acceptors (Lipinski definition) is 2. The van der Waals surface area contributed by atoms with Crippen LogP contribution in [0.1, 0.15) is 12.5 Å². The van der Waals surface area contributed by atoms with Gasteiger partial charge in [0.1, 0.15) is 5.82 Å². The Morgan fingerprint density at radius 3 is 2.79 bits per heavy atom. The van der Waals surface area contributed by atoms with Gasteiger partial charge in [-0.25, -0.2) is 4.39 Å². The van der Waals surface area contributed by atoms with Crippen LogP contribution in [0.25, 0.3) is 0 Å². The molecule has 19 heavy (non-hydrogen) atoms. The van der Waals surface area contributed by atoms with Gasteiger partial charge in [0.2, 0.25) is 0 Å². The number of benzene rings is 1. The predicted molar refractivity (Wildman–Crippen MR) is 78.8 cm³/mol. The highest BCUT2D eigenvalue weighted by atomic mass is 79.9. The van der Waals surface area contributed by atoms with Crippen molar-refractivity contribution in [1.29, 1.82) is 0 Å². The van der Waals surface area contributed by atoms with E-state index in [1.54, 1.807) is 7.05 Å². The van der Waals surface area contributed by atoms with Crippen LogP contribution in [0.3, 0.4) is 0 Å². The smallest absolute Gasteiger partial charge is 0.191 e. The average molecular weight is 332 g/mol. The van der Waals surface area contributed by atoms with E-state index in [0.29, 0.717) is 32.3 Å². The quantitative estimate of drug-likeness (QED) is 0.477. The first-order chi connectivity index (χ1) is 9.15. The van der Waals surface area contributed by atoms with Gasteiger partial charge in [0.25, 0.3) is 0 Å². The molecule has 0 fully saturated rings. The molecule has 0 unspecified atom stereocenters. The van der Waals surface area contributed by atoms with Crippen LogP contribution < -0.4 is 10.6 Å². The molecule has 0 heterocycles. The second-order valence-electron chi connectivity index (χ2n) is 3.83. The van der Waals surface area contributed by atoms with Gasteiger partial charge in [-0.1, -0.05) is 15.9 Å². The van der Waals surface area contributed by atoms with E-state index in [-0.39, 0.29) is 5.82 Å². The zero-order valence-electron chi connectivity index (χ0n) is 11.2. The van der Waals surface area contributed by atoms with Gasteiger partial charge < -0.3 is 15.4 Å². The van der Waals surface area contributed by atoms with Crippen molar-refractivity contribution in [2.75, 3.05) is 26.8 Å². The largest absolute Gasteiger partial charge is 0.380 e. The summed E-state index contributed by atoms with van der Waals surface area (Å²) in [4.78, 5) is 4.08. The second-order valence-corrected chi connectivity index (χ2v) is 4.74. The van der Waals surface area contributed by atoms with Gasteiger partial charge in [-0.05, 0) is 30.7 Å². The molecule has 0 aliphatic rings. The third kappa shape index (κ3) is 6.54. The van der Waals surface area contributed by atoms with Crippen molar-refractivity contribution in [3.05, 3.63) is 34.1 Å². The Labute approximate surface area is 121 Å². The Balaban J connectivity index is 2.40. The Kier molecular flexibility index (Phi) is 7.43. The van der Waals surface area contributed by atoms with Gasteiger partial charge in [-0.3, -0.25) is 4.99 Å². The van der Waals surface area contributed by atoms with Crippen LogP contribution in [0.4, 0.5) is 4.39 Å². The van der Waals surface area contributed by atoms with Gasteiger partial charge in [-0.15, -0.1) is 0 Å². The van der Waals surface area contributed by atoms with Crippen molar-refractivity contribution in [3.63, 3.8) is 0 Å². The van der Waals surface area contributed by atoms with E-state index in [0.717, 1.165) is 10.0 Å². The van der Waals surface area contributed by atoms with Crippen molar-refractivity contribution in [3.8, 4) is 0 Å². The molecule has 6 heteroatoms. The normalized spacial score (nSPS) is 11.5. The highest BCUT2D eigenvalue weighted by Gasteiger charge is 2.01. The molecule has 4 nitrogen and oxygen atoms in total. The second kappa shape index (κ2) is 8.87. The molecular weight excluding hydrogens is 313 g/mol. The zero-order chi connectivity index (χ0) is 14.1. The van der Waals surface area contributed by atoms with Crippen molar-refractivity contribution < 1.29 is 9.13 Å². The number of nitrogens with one attached hydrogen (secondary N) is 2. The van der Waals surface area contributed by atoms with Crippen molar-refractivity contribution in [2.45, 2.75) is 13.5 Å². The molecule has 1 aromatic rings. The Morgan fingerprint density at radius 2 is 2.16 bits per heavy atom. The third-order valence-corrected chi connectivity index (χ3v) is 2.81. The zero-order valence-corrected chi connectivity index (χ0v) is 12.8. The van der Waals surface area contributed by atoms with E-state index in [1.165, 1.54) is 12.1 Å². The van der Waals surface area contributed by atoms with E-state index < -0.39 is 0 Å². The number of hydrogen-bond donors (Lipinski definition) is 2. The summed E-state index contributed by atoms with van der Waals surface area (Å²) in [5.74, 6) is 0.408. The van der Waals surface area contributed by atoms with Gasteiger partial charge in [-0.2, -0.15) is 0 Å². The summed E-state index contributed by atoms with van der Waals surface area (Å²) in [6.07, 6.45) is 0. The average Bonchev–Trinajstić information content (AvgIpc) is 2.37. The number of aliphatic imine (C=N–C) groups is 1. The molecule has 0 spiro atoms. The van der Waals surface area contributed by atoms with E-state index in [2.05, 4.69) is 31.6 Å². The number of ether oxygens (including phenoxy) is 1. The summed E-state index contributed by atoms with van der Waals surface area (Å²) in [6, 6.07) is 4.79. The Hall–Kier alpha value is -1.14. The maximum atomic E-state index is 13.2. The predicted octanol–water partition coefficient (Wildman–Crippen LogP) is 2.29. The van der Waals surface area contributed by atoms with E-state index >= 15 is 0 Å². The van der Waals surface area contributed by atoms with Crippen LogP contribution in [0, 0.1) is 5.82 Å². The van der Waals surface area contributed by atoms with Gasteiger partial charge in [0.05, 0.1) is 6.61 Å². The molecule has 0 bridgehead atoms. The molecule has 0 aliphatic heterocycles. The highest BCUT2D eigenvalue weighted by Crippen LogP contribution is 2.14. The molecule has 0 saturated heterocycles. The number of nitrogens with zero attached hydrogens (tertiary/aromatic N) is 1. The molecule has 106 valence electrons. The van der Waals surface area contributed by atoms with Crippen LogP contribution in [-0.4, -0.2) is 32.8 Å². The monoisotopic (exact) mass is 331 g/mol. The first-order valence-electron chi connectivity index (χ1n) is 6.13. The number of guanidine groups is 1. The molecule has 0 aromatic heterocycles. The van der Waals surface area contributed by atoms with Gasteiger partial charge in [0, 0.05) is 31.2 Å². The van der Waals surface area contributed by atoms with Crippen LogP contribution >= 0.6 is 15.9 Å². The molecule has 0 aliphatic carbocycles. The molecule has 2 N–H and O–H groups in total. The molecule has 0 saturated carbocycles. The number of halogens is 2. The minimum absolute atomic E-state index is 0.259. The standard InChI is InChI=1S/C13H19BrFN3O/c1-3-19-5-4-17-13(16-2)18-9-10-6-11(14)8-12(15)7-10/h6-8H,3-5,9H2,1-2H3,(H2,16,17,18). The van der Waals surface area contributed by atoms with Crippen molar-refractivity contribution in [2.24, 2.45) is 4.99 Å². The minimum atomic E-state index is -0.259. The summed E-state index contributed by atoms with van der Waals surface area (Å²) in [5.41, 5.74) is 0.847. The lowest BCUT2D eigenvalue weighted by atomic mass is 10.2. The van der Waals surface area contributed by atoms with Crippen LogP contribution in [0.2, 0.25) is 0 Å². The topological polar surface area (TPSA) is 45.6 Å². The molecule has 0 atom stereocenters. The maximum absolute atomic E-state index is 13.2. The fourth-order valence-corrected chi connectivity index (χ4v) is 2.02. The molecule has 1 rings (SSSR count). The lowest BCUT2D eigenvalue weighted by molar-refractivity contribution is 0.152. The summed E-state index contributed by atoms with van der Waals surface area (Å²) in [5, 5.41) is 6.23. The number of rotatable bonds is 6. The Morgan fingerprint density at radius 1 is 1.37 bits per heavy atom. The molecule has 0 amide bonds. The van der Waals surface area contributed by atoms with Crippen LogP contribution in [0.15, 0.2) is 27.7 Å². The summed E-state index contributed by atoms with van der Waals surface area (Å²) >= 11 is 3.27. The summed E-state index contributed by atoms with van der Waals surface area (Å²) in [6.45, 7) is 4.47. The third-order valence-electron chi connectivity index (χ3n) is 2.35. The van der Waals surface area contributed by atoms with Gasteiger partial charge in [0.15, 0.2) is 5.96 Å². The van der Waals surface area contributed by atoms with Crippen molar-refractivity contribution >= 4 is 21.9 Å². The SMILES string of the molecule is CCOCCNC(=NC)NCc1cc(F)cc(Br)c1. The first-order valence-corrected chi connectivity index (χ1v) is 6.92. The van der Waals surface area contributed by atoms with Crippen molar-refractivity contribution in [1.82, 2.24) is 10.6 Å². The molecule has 0 radical (unpaired) electrons. The fourth-order valence-electron chi connectivity index (χ4n) is 1.51. The van der Waals surface area contributed by atoms with E-state index in [1.807, 2.05) is 13.0 Å². The molecule has 1 aromatic carbocycles. The summed E-state index contributed by atoms with van der Waals surface area (Å²) < 4.78 is 19.1. The fraction of sp³-hybridized carbons (Fsp3) is 0.462. The highest BCUT2D eigenvalue weighted by molar-refractivity contribution is 9.10. The Bertz CT molecular complexity index is 406. The molecular formula is C13H19BrFN3O.